The van der Waals surface area contributed by atoms with E-state index >= 15 is 0 Å². The zero-order valence-electron chi connectivity index (χ0n) is 14.7. The highest BCUT2D eigenvalue weighted by Gasteiger charge is 2.29. The third-order valence-electron chi connectivity index (χ3n) is 4.16. The lowest BCUT2D eigenvalue weighted by Gasteiger charge is -2.34. The maximum Gasteiger partial charge on any atom is 0.226 e. The summed E-state index contributed by atoms with van der Waals surface area (Å²) in [6, 6.07) is 0.177. The number of nitrogens with zero attached hydrogens (tertiary/aromatic N) is 2. The highest BCUT2D eigenvalue weighted by atomic mass is 32.2. The van der Waals surface area contributed by atoms with Crippen LogP contribution in [0.15, 0.2) is 9.72 Å². The zero-order chi connectivity index (χ0) is 16.9. The Balaban J connectivity index is 1.90. The molecule has 0 aliphatic carbocycles. The van der Waals surface area contributed by atoms with E-state index < -0.39 is 0 Å². The first-order valence-corrected chi connectivity index (χ1v) is 10.3. The second-order valence-electron chi connectivity index (χ2n) is 7.21. The highest BCUT2D eigenvalue weighted by molar-refractivity contribution is 8.00. The summed E-state index contributed by atoms with van der Waals surface area (Å²) in [5.74, 6) is 1.10. The van der Waals surface area contributed by atoms with E-state index in [0.717, 1.165) is 35.4 Å². The van der Waals surface area contributed by atoms with E-state index in [0.29, 0.717) is 6.42 Å². The summed E-state index contributed by atoms with van der Waals surface area (Å²) in [5.41, 5.74) is 0.945. The van der Waals surface area contributed by atoms with Crippen molar-refractivity contribution in [1.29, 1.82) is 0 Å². The molecule has 0 spiro atoms. The lowest BCUT2D eigenvalue weighted by Crippen LogP contribution is -2.50. The van der Waals surface area contributed by atoms with Crippen LogP contribution in [-0.2, 0) is 11.2 Å². The van der Waals surface area contributed by atoms with Gasteiger partial charge in [0.1, 0.15) is 4.34 Å². The Bertz CT molecular complexity index is 504. The Hall–Kier alpha value is -0.590. The van der Waals surface area contributed by atoms with Crippen molar-refractivity contribution in [1.82, 2.24) is 15.2 Å². The first-order chi connectivity index (χ1) is 10.9. The Labute approximate surface area is 148 Å². The molecule has 1 fully saturated rings. The number of hydrogen-bond donors (Lipinski definition) is 1. The molecule has 1 aromatic heterocycles. The van der Waals surface area contributed by atoms with E-state index in [9.17, 15) is 4.79 Å². The molecule has 130 valence electrons. The molecule has 0 radical (unpaired) electrons. The maximum atomic E-state index is 12.4. The van der Waals surface area contributed by atoms with E-state index in [1.165, 1.54) is 12.8 Å². The van der Waals surface area contributed by atoms with Crippen molar-refractivity contribution in [2.75, 3.05) is 25.4 Å². The SMILES string of the molecule is CCSc1nc(CC(=O)NC(CN2CCCC2)C(C)(C)C)cs1. The number of rotatable bonds is 7. The molecule has 1 aromatic rings. The van der Waals surface area contributed by atoms with Crippen LogP contribution < -0.4 is 5.32 Å². The minimum Gasteiger partial charge on any atom is -0.351 e. The predicted octanol–water partition coefficient (Wildman–Crippen LogP) is 3.42. The standard InChI is InChI=1S/C17H29N3OS2/c1-5-22-16-18-13(12-23-16)10-15(21)19-14(17(2,3)4)11-20-8-6-7-9-20/h12,14H,5-11H2,1-4H3,(H,19,21). The molecule has 2 heterocycles. The molecule has 6 heteroatoms. The number of aromatic nitrogens is 1. The Kier molecular flexibility index (Phi) is 6.92. The normalized spacial score (nSPS) is 17.4. The molecule has 1 N–H and O–H groups in total. The second kappa shape index (κ2) is 8.49. The average Bonchev–Trinajstić information content (AvgIpc) is 3.09. The largest absolute Gasteiger partial charge is 0.351 e. The van der Waals surface area contributed by atoms with Gasteiger partial charge >= 0.3 is 0 Å². The van der Waals surface area contributed by atoms with Crippen LogP contribution in [-0.4, -0.2) is 47.2 Å². The third kappa shape index (κ3) is 6.08. The maximum absolute atomic E-state index is 12.4. The van der Waals surface area contributed by atoms with Crippen LogP contribution >= 0.6 is 23.1 Å². The fourth-order valence-corrected chi connectivity index (χ4v) is 4.47. The van der Waals surface area contributed by atoms with Gasteiger partial charge in [-0.2, -0.15) is 0 Å². The van der Waals surface area contributed by atoms with Crippen molar-refractivity contribution >= 4 is 29.0 Å². The van der Waals surface area contributed by atoms with Crippen LogP contribution in [0.25, 0.3) is 0 Å². The lowest BCUT2D eigenvalue weighted by molar-refractivity contribution is -0.122. The molecular weight excluding hydrogens is 326 g/mol. The number of thiazole rings is 1. The van der Waals surface area contributed by atoms with Crippen LogP contribution in [0.5, 0.6) is 0 Å². The van der Waals surface area contributed by atoms with Crippen LogP contribution in [0.2, 0.25) is 0 Å². The number of carbonyl (C=O) groups is 1. The van der Waals surface area contributed by atoms with Crippen molar-refractivity contribution < 1.29 is 4.79 Å². The van der Waals surface area contributed by atoms with Crippen LogP contribution in [0.1, 0.15) is 46.2 Å². The smallest absolute Gasteiger partial charge is 0.226 e. The average molecular weight is 356 g/mol. The number of carbonyl (C=O) groups excluding carboxylic acids is 1. The first-order valence-electron chi connectivity index (χ1n) is 8.47. The monoisotopic (exact) mass is 355 g/mol. The number of hydrogen-bond acceptors (Lipinski definition) is 5. The Morgan fingerprint density at radius 1 is 1.43 bits per heavy atom. The summed E-state index contributed by atoms with van der Waals surface area (Å²) >= 11 is 3.36. The second-order valence-corrected chi connectivity index (χ2v) is 9.58. The number of nitrogens with one attached hydrogen (secondary N) is 1. The van der Waals surface area contributed by atoms with Crippen molar-refractivity contribution in [3.05, 3.63) is 11.1 Å². The fraction of sp³-hybridized carbons (Fsp3) is 0.765. The summed E-state index contributed by atoms with van der Waals surface area (Å²) in [7, 11) is 0. The van der Waals surface area contributed by atoms with Gasteiger partial charge in [0.25, 0.3) is 0 Å². The number of likely N-dealkylation sites (tertiary alicyclic amines) is 1. The lowest BCUT2D eigenvalue weighted by atomic mass is 9.86. The van der Waals surface area contributed by atoms with Gasteiger partial charge in [0.2, 0.25) is 5.91 Å². The molecule has 0 aromatic carbocycles. The molecule has 1 unspecified atom stereocenters. The fourth-order valence-electron chi connectivity index (χ4n) is 2.73. The predicted molar refractivity (Wildman–Crippen MR) is 99.3 cm³/mol. The van der Waals surface area contributed by atoms with Gasteiger partial charge in [-0.15, -0.1) is 11.3 Å². The molecule has 1 saturated heterocycles. The molecule has 1 amide bonds. The van der Waals surface area contributed by atoms with Crippen molar-refractivity contribution in [2.45, 2.75) is 57.3 Å². The third-order valence-corrected chi connectivity index (χ3v) is 6.11. The van der Waals surface area contributed by atoms with Gasteiger partial charge in [0.05, 0.1) is 12.1 Å². The number of amides is 1. The van der Waals surface area contributed by atoms with E-state index in [1.807, 2.05) is 5.38 Å². The molecule has 4 nitrogen and oxygen atoms in total. The summed E-state index contributed by atoms with van der Waals surface area (Å²) in [4.78, 5) is 19.4. The number of thioether (sulfide) groups is 1. The topological polar surface area (TPSA) is 45.2 Å². The zero-order valence-corrected chi connectivity index (χ0v) is 16.4. The first kappa shape index (κ1) is 18.7. The molecule has 1 aliphatic heterocycles. The van der Waals surface area contributed by atoms with Gasteiger partial charge in [-0.25, -0.2) is 4.98 Å². The molecule has 23 heavy (non-hydrogen) atoms. The van der Waals surface area contributed by atoms with Crippen molar-refractivity contribution in [3.63, 3.8) is 0 Å². The Morgan fingerprint density at radius 2 is 2.13 bits per heavy atom. The van der Waals surface area contributed by atoms with Crippen LogP contribution in [0.3, 0.4) is 0 Å². The van der Waals surface area contributed by atoms with Gasteiger partial charge in [-0.05, 0) is 37.1 Å². The molecule has 1 atom stereocenters. The summed E-state index contributed by atoms with van der Waals surface area (Å²) < 4.78 is 1.06. The van der Waals surface area contributed by atoms with Crippen LogP contribution in [0, 0.1) is 5.41 Å². The van der Waals surface area contributed by atoms with E-state index in [2.05, 4.69) is 42.9 Å². The highest BCUT2D eigenvalue weighted by Crippen LogP contribution is 2.24. The molecule has 1 aliphatic rings. The van der Waals surface area contributed by atoms with Crippen LogP contribution in [0.4, 0.5) is 0 Å². The summed E-state index contributed by atoms with van der Waals surface area (Å²) in [6.45, 7) is 12.0. The molecular formula is C17H29N3OS2. The quantitative estimate of drug-likeness (QED) is 0.761. The minimum absolute atomic E-state index is 0.0591. The van der Waals surface area contributed by atoms with Gasteiger partial charge in [0.15, 0.2) is 0 Å². The van der Waals surface area contributed by atoms with Gasteiger partial charge in [-0.3, -0.25) is 4.79 Å². The van der Waals surface area contributed by atoms with Crippen molar-refractivity contribution in [2.24, 2.45) is 5.41 Å². The summed E-state index contributed by atoms with van der Waals surface area (Å²) in [5, 5.41) is 5.25. The molecule has 0 saturated carbocycles. The molecule has 2 rings (SSSR count). The van der Waals surface area contributed by atoms with Crippen molar-refractivity contribution in [3.8, 4) is 0 Å². The van der Waals surface area contributed by atoms with E-state index in [-0.39, 0.29) is 17.4 Å². The van der Waals surface area contributed by atoms with Gasteiger partial charge in [-0.1, -0.05) is 39.5 Å². The summed E-state index contributed by atoms with van der Waals surface area (Å²) in [6.07, 6.45) is 2.94. The minimum atomic E-state index is 0.0591. The molecule has 0 bridgehead atoms. The van der Waals surface area contributed by atoms with E-state index in [1.54, 1.807) is 23.1 Å². The van der Waals surface area contributed by atoms with E-state index in [4.69, 9.17) is 0 Å². The van der Waals surface area contributed by atoms with Gasteiger partial charge in [0, 0.05) is 18.0 Å². The Morgan fingerprint density at radius 3 is 2.74 bits per heavy atom. The van der Waals surface area contributed by atoms with Gasteiger partial charge < -0.3 is 10.2 Å².